The molecule has 1 saturated heterocycles. The van der Waals surface area contributed by atoms with E-state index in [1.807, 2.05) is 0 Å². The molecule has 2 aliphatic rings. The Morgan fingerprint density at radius 2 is 2.11 bits per heavy atom. The fraction of sp³-hybridized carbons (Fsp3) is 0.500. The number of fused-ring (bicyclic) bond motifs is 1. The number of ether oxygens (including phenoxy) is 1. The van der Waals surface area contributed by atoms with Gasteiger partial charge < -0.3 is 4.74 Å². The van der Waals surface area contributed by atoms with E-state index in [0.29, 0.717) is 11.3 Å². The molecule has 0 radical (unpaired) electrons. The molecule has 0 aromatic heterocycles. The van der Waals surface area contributed by atoms with Gasteiger partial charge in [-0.2, -0.15) is 0 Å². The van der Waals surface area contributed by atoms with E-state index in [0.717, 1.165) is 4.90 Å². The highest BCUT2D eigenvalue weighted by Gasteiger charge is 2.52. The summed E-state index contributed by atoms with van der Waals surface area (Å²) >= 11 is 17.7. The van der Waals surface area contributed by atoms with Crippen LogP contribution in [0, 0.1) is 0 Å². The third-order valence-electron chi connectivity index (χ3n) is 2.55. The molecule has 19 heavy (non-hydrogen) atoms. The molecule has 1 amide bonds. The van der Waals surface area contributed by atoms with E-state index in [1.54, 1.807) is 6.92 Å². The second-order valence-corrected chi connectivity index (χ2v) is 7.61. The van der Waals surface area contributed by atoms with Gasteiger partial charge in [0, 0.05) is 5.75 Å². The first kappa shape index (κ1) is 15.0. The Kier molecular flexibility index (Phi) is 4.07. The lowest BCUT2D eigenvalue weighted by molar-refractivity contribution is -0.157. The molecule has 104 valence electrons. The van der Waals surface area contributed by atoms with Gasteiger partial charge in [-0.1, -0.05) is 34.8 Å². The van der Waals surface area contributed by atoms with E-state index >= 15 is 0 Å². The first-order chi connectivity index (χ1) is 8.72. The second kappa shape index (κ2) is 5.16. The van der Waals surface area contributed by atoms with Gasteiger partial charge in [0.15, 0.2) is 5.37 Å². The minimum absolute atomic E-state index is 0.0719. The van der Waals surface area contributed by atoms with Crippen LogP contribution in [0.1, 0.15) is 6.92 Å². The monoisotopic (exact) mass is 343 g/mol. The Bertz CT molecular complexity index is 499. The average molecular weight is 345 g/mol. The lowest BCUT2D eigenvalue weighted by Gasteiger charge is -2.42. The molecule has 0 saturated carbocycles. The summed E-state index contributed by atoms with van der Waals surface area (Å²) in [6.07, 6.45) is 0. The van der Waals surface area contributed by atoms with Gasteiger partial charge in [0.25, 0.3) is 11.7 Å². The van der Waals surface area contributed by atoms with Crippen molar-refractivity contribution >= 4 is 64.2 Å². The number of thioether (sulfide) groups is 1. The van der Waals surface area contributed by atoms with Crippen molar-refractivity contribution in [2.45, 2.75) is 16.1 Å². The predicted molar refractivity (Wildman–Crippen MR) is 72.0 cm³/mol. The number of amides is 1. The van der Waals surface area contributed by atoms with Crippen LogP contribution in [0.2, 0.25) is 0 Å². The fourth-order valence-electron chi connectivity index (χ4n) is 1.72. The highest BCUT2D eigenvalue weighted by Crippen LogP contribution is 2.38. The van der Waals surface area contributed by atoms with E-state index in [1.165, 1.54) is 11.8 Å². The molecular formula is C10H8Cl3NO4S. The summed E-state index contributed by atoms with van der Waals surface area (Å²) in [5.41, 5.74) is 0.721. The number of alkyl halides is 3. The SMILES string of the molecule is CC1=C(C(=O)OCC(Cl)(Cl)Cl)N2C(=O)C(=O)[C@H]2SC1. The van der Waals surface area contributed by atoms with E-state index in [9.17, 15) is 14.4 Å². The summed E-state index contributed by atoms with van der Waals surface area (Å²) in [6.45, 7) is 1.26. The van der Waals surface area contributed by atoms with E-state index in [2.05, 4.69) is 0 Å². The molecule has 2 rings (SSSR count). The number of carbonyl (C=O) groups excluding carboxylic acids is 3. The number of Topliss-reactive ketones (excluding diaryl/α,β-unsaturated/α-hetero) is 1. The molecule has 2 aliphatic heterocycles. The predicted octanol–water partition coefficient (Wildman–Crippen LogP) is 1.66. The van der Waals surface area contributed by atoms with Crippen molar-refractivity contribution in [3.05, 3.63) is 11.3 Å². The number of hydrogen-bond donors (Lipinski definition) is 0. The zero-order valence-electron chi connectivity index (χ0n) is 9.61. The average Bonchev–Trinajstić information content (AvgIpc) is 2.33. The number of carbonyl (C=O) groups is 3. The first-order valence-electron chi connectivity index (χ1n) is 5.15. The number of hydrogen-bond acceptors (Lipinski definition) is 5. The molecule has 0 aromatic rings. The van der Waals surface area contributed by atoms with Gasteiger partial charge in [0.2, 0.25) is 3.79 Å². The van der Waals surface area contributed by atoms with Gasteiger partial charge in [-0.25, -0.2) is 4.79 Å². The van der Waals surface area contributed by atoms with E-state index in [-0.39, 0.29) is 5.70 Å². The second-order valence-electron chi connectivity index (χ2n) is 4.02. The smallest absolute Gasteiger partial charge is 0.355 e. The maximum absolute atomic E-state index is 11.9. The van der Waals surface area contributed by atoms with E-state index < -0.39 is 33.4 Å². The zero-order chi connectivity index (χ0) is 14.4. The molecule has 2 heterocycles. The first-order valence-corrected chi connectivity index (χ1v) is 7.33. The summed E-state index contributed by atoms with van der Waals surface area (Å²) in [6, 6.07) is 0. The molecule has 0 N–H and O–H groups in total. The number of rotatable bonds is 2. The normalized spacial score (nSPS) is 23.2. The Hall–Kier alpha value is -0.430. The van der Waals surface area contributed by atoms with Crippen LogP contribution in [0.3, 0.4) is 0 Å². The highest BCUT2D eigenvalue weighted by molar-refractivity contribution is 8.01. The summed E-state index contributed by atoms with van der Waals surface area (Å²) < 4.78 is 3.12. The Labute approximate surface area is 128 Å². The Morgan fingerprint density at radius 1 is 1.47 bits per heavy atom. The Balaban J connectivity index is 2.15. The standard InChI is InChI=1S/C10H8Cl3NO4S/c1-4-2-19-8-6(15)7(16)14(8)5(4)9(17)18-3-10(11,12)13/h8H,2-3H2,1H3/t8-/m1/s1. The molecule has 1 atom stereocenters. The van der Waals surface area contributed by atoms with Gasteiger partial charge >= 0.3 is 5.97 Å². The van der Waals surface area contributed by atoms with Crippen molar-refractivity contribution in [3.63, 3.8) is 0 Å². The molecule has 0 aliphatic carbocycles. The summed E-state index contributed by atoms with van der Waals surface area (Å²) in [7, 11) is 0. The molecule has 5 nitrogen and oxygen atoms in total. The van der Waals surface area contributed by atoms with Gasteiger partial charge in [0.1, 0.15) is 12.3 Å². The van der Waals surface area contributed by atoms with Crippen molar-refractivity contribution in [2.75, 3.05) is 12.4 Å². The summed E-state index contributed by atoms with van der Waals surface area (Å²) in [5, 5.41) is -0.633. The molecule has 0 unspecified atom stereocenters. The van der Waals surface area contributed by atoms with Crippen LogP contribution in [0.5, 0.6) is 0 Å². The molecule has 9 heteroatoms. The maximum atomic E-state index is 11.9. The van der Waals surface area contributed by atoms with Crippen molar-refractivity contribution in [2.24, 2.45) is 0 Å². The topological polar surface area (TPSA) is 63.7 Å². The van der Waals surface area contributed by atoms with Crippen molar-refractivity contribution < 1.29 is 19.1 Å². The Morgan fingerprint density at radius 3 is 2.68 bits per heavy atom. The van der Waals surface area contributed by atoms with Gasteiger partial charge in [0.05, 0.1) is 0 Å². The molecule has 0 aromatic carbocycles. The maximum Gasteiger partial charge on any atom is 0.355 e. The van der Waals surface area contributed by atoms with Crippen molar-refractivity contribution in [3.8, 4) is 0 Å². The molecule has 0 bridgehead atoms. The number of ketones is 1. The van der Waals surface area contributed by atoms with Gasteiger partial charge in [-0.15, -0.1) is 11.8 Å². The largest absolute Gasteiger partial charge is 0.456 e. The van der Waals surface area contributed by atoms with Crippen LogP contribution in [0.25, 0.3) is 0 Å². The van der Waals surface area contributed by atoms with Crippen LogP contribution in [-0.4, -0.2) is 44.1 Å². The number of halogens is 3. The minimum Gasteiger partial charge on any atom is -0.456 e. The number of esters is 1. The highest BCUT2D eigenvalue weighted by atomic mass is 35.6. The summed E-state index contributed by atoms with van der Waals surface area (Å²) in [4.78, 5) is 35.9. The summed E-state index contributed by atoms with van der Waals surface area (Å²) in [5.74, 6) is -1.52. The lowest BCUT2D eigenvalue weighted by atomic mass is 10.1. The number of β-lactam (4-membered cyclic amide) rings is 1. The molecule has 1 fully saturated rings. The van der Waals surface area contributed by atoms with Crippen LogP contribution < -0.4 is 0 Å². The zero-order valence-corrected chi connectivity index (χ0v) is 12.7. The lowest BCUT2D eigenvalue weighted by Crippen LogP contribution is -2.62. The molecular weight excluding hydrogens is 337 g/mol. The number of nitrogens with zero attached hydrogens (tertiary/aromatic N) is 1. The third-order valence-corrected chi connectivity index (χ3v) is 4.22. The van der Waals surface area contributed by atoms with E-state index in [4.69, 9.17) is 39.5 Å². The van der Waals surface area contributed by atoms with Crippen molar-refractivity contribution in [1.82, 2.24) is 4.90 Å². The van der Waals surface area contributed by atoms with Crippen LogP contribution in [0.15, 0.2) is 11.3 Å². The molecule has 0 spiro atoms. The van der Waals surface area contributed by atoms with Gasteiger partial charge in [-0.05, 0) is 12.5 Å². The van der Waals surface area contributed by atoms with Gasteiger partial charge in [-0.3, -0.25) is 14.5 Å². The quantitative estimate of drug-likeness (QED) is 0.330. The van der Waals surface area contributed by atoms with Crippen LogP contribution >= 0.6 is 46.6 Å². The van der Waals surface area contributed by atoms with Crippen LogP contribution in [-0.2, 0) is 19.1 Å². The third kappa shape index (κ3) is 2.86. The van der Waals surface area contributed by atoms with Crippen LogP contribution in [0.4, 0.5) is 0 Å². The van der Waals surface area contributed by atoms with Crippen molar-refractivity contribution in [1.29, 1.82) is 0 Å². The minimum atomic E-state index is -1.72. The fourth-order valence-corrected chi connectivity index (χ4v) is 3.03.